The predicted molar refractivity (Wildman–Crippen MR) is 112 cm³/mol. The molecule has 2 aromatic rings. The van der Waals surface area contributed by atoms with Gasteiger partial charge >= 0.3 is 0 Å². The predicted octanol–water partition coefficient (Wildman–Crippen LogP) is 4.34. The van der Waals surface area contributed by atoms with Crippen molar-refractivity contribution in [3.8, 4) is 5.75 Å². The molecule has 0 saturated carbocycles. The lowest BCUT2D eigenvalue weighted by molar-refractivity contribution is 0.304. The summed E-state index contributed by atoms with van der Waals surface area (Å²) in [6.45, 7) is 3.17. The summed E-state index contributed by atoms with van der Waals surface area (Å²) in [5.74, 6) is 0.809. The van der Waals surface area contributed by atoms with E-state index in [0.29, 0.717) is 16.7 Å². The van der Waals surface area contributed by atoms with Gasteiger partial charge in [-0.1, -0.05) is 29.8 Å². The molecule has 0 unspecified atom stereocenters. The van der Waals surface area contributed by atoms with Crippen molar-refractivity contribution in [2.45, 2.75) is 13.5 Å². The number of ether oxygens (including phenoxy) is 1. The van der Waals surface area contributed by atoms with Gasteiger partial charge in [0.05, 0.1) is 9.78 Å². The quantitative estimate of drug-likeness (QED) is 0.284. The standard InChI is InChI=1S/C17H17ClIN3OS/c1-2-20-17(24)22-21-10-12-7-8-16(15(19)9-12)23-11-13-5-3-4-6-14(13)18/h3-10H,2,11H2,1H3,(H2,20,22,24). The van der Waals surface area contributed by atoms with Crippen LogP contribution in [0, 0.1) is 3.57 Å². The van der Waals surface area contributed by atoms with Crippen molar-refractivity contribution >= 4 is 57.7 Å². The van der Waals surface area contributed by atoms with Crippen LogP contribution in [0.5, 0.6) is 5.75 Å². The number of thiocarbonyl (C=S) groups is 1. The Balaban J connectivity index is 1.95. The molecule has 4 nitrogen and oxygen atoms in total. The van der Waals surface area contributed by atoms with Crippen molar-refractivity contribution in [1.82, 2.24) is 10.7 Å². The van der Waals surface area contributed by atoms with Crippen molar-refractivity contribution in [3.05, 3.63) is 62.2 Å². The van der Waals surface area contributed by atoms with Crippen LogP contribution in [0.1, 0.15) is 18.1 Å². The van der Waals surface area contributed by atoms with Gasteiger partial charge in [0.2, 0.25) is 0 Å². The molecule has 0 bridgehead atoms. The third-order valence-corrected chi connectivity index (χ3v) is 4.46. The fraction of sp³-hybridized carbons (Fsp3) is 0.176. The number of hydrazone groups is 1. The second-order valence-corrected chi connectivity index (χ2v) is 6.78. The minimum absolute atomic E-state index is 0.432. The summed E-state index contributed by atoms with van der Waals surface area (Å²) in [6.07, 6.45) is 1.71. The van der Waals surface area contributed by atoms with Gasteiger partial charge in [-0.15, -0.1) is 0 Å². The molecule has 0 aromatic heterocycles. The van der Waals surface area contributed by atoms with Gasteiger partial charge in [-0.05, 0) is 71.6 Å². The van der Waals surface area contributed by atoms with Gasteiger partial charge in [0, 0.05) is 17.1 Å². The molecule has 0 fully saturated rings. The Morgan fingerprint density at radius 1 is 1.33 bits per heavy atom. The highest BCUT2D eigenvalue weighted by Crippen LogP contribution is 2.24. The maximum absolute atomic E-state index is 6.14. The number of rotatable bonds is 6. The molecule has 0 saturated heterocycles. The lowest BCUT2D eigenvalue weighted by atomic mass is 10.2. The van der Waals surface area contributed by atoms with Crippen LogP contribution >= 0.6 is 46.4 Å². The highest BCUT2D eigenvalue weighted by molar-refractivity contribution is 14.1. The van der Waals surface area contributed by atoms with Crippen LogP contribution in [0.3, 0.4) is 0 Å². The van der Waals surface area contributed by atoms with E-state index in [4.69, 9.17) is 28.6 Å². The van der Waals surface area contributed by atoms with Crippen LogP contribution in [0.4, 0.5) is 0 Å². The van der Waals surface area contributed by atoms with Crippen molar-refractivity contribution in [2.75, 3.05) is 6.54 Å². The fourth-order valence-electron chi connectivity index (χ4n) is 1.85. The van der Waals surface area contributed by atoms with E-state index >= 15 is 0 Å². The number of benzene rings is 2. The Hall–Kier alpha value is -1.38. The van der Waals surface area contributed by atoms with E-state index in [2.05, 4.69) is 38.4 Å². The number of halogens is 2. The molecule has 2 N–H and O–H groups in total. The van der Waals surface area contributed by atoms with Crippen LogP contribution < -0.4 is 15.5 Å². The van der Waals surface area contributed by atoms with E-state index in [9.17, 15) is 0 Å². The van der Waals surface area contributed by atoms with E-state index in [1.165, 1.54) is 0 Å². The van der Waals surface area contributed by atoms with E-state index in [0.717, 1.165) is 27.0 Å². The third-order valence-electron chi connectivity index (χ3n) is 3.01. The molecular formula is C17H17ClIN3OS. The van der Waals surface area contributed by atoms with E-state index < -0.39 is 0 Å². The Morgan fingerprint density at radius 2 is 2.12 bits per heavy atom. The maximum atomic E-state index is 6.14. The van der Waals surface area contributed by atoms with Crippen LogP contribution in [0.15, 0.2) is 47.6 Å². The molecule has 0 aliphatic carbocycles. The van der Waals surface area contributed by atoms with Crippen molar-refractivity contribution in [3.63, 3.8) is 0 Å². The fourth-order valence-corrected chi connectivity index (χ4v) is 2.93. The summed E-state index contributed by atoms with van der Waals surface area (Å²) < 4.78 is 6.85. The van der Waals surface area contributed by atoms with Crippen LogP contribution in [0.25, 0.3) is 0 Å². The number of hydrogen-bond donors (Lipinski definition) is 2. The molecule has 0 aliphatic heterocycles. The van der Waals surface area contributed by atoms with Crippen LogP contribution in [0.2, 0.25) is 5.02 Å². The second-order valence-electron chi connectivity index (χ2n) is 4.80. The molecule has 0 heterocycles. The van der Waals surface area contributed by atoms with Crippen molar-refractivity contribution < 1.29 is 4.74 Å². The zero-order chi connectivity index (χ0) is 17.4. The summed E-state index contributed by atoms with van der Waals surface area (Å²) in [4.78, 5) is 0. The molecule has 24 heavy (non-hydrogen) atoms. The Morgan fingerprint density at radius 3 is 2.83 bits per heavy atom. The molecule has 0 spiro atoms. The highest BCUT2D eigenvalue weighted by Gasteiger charge is 2.04. The van der Waals surface area contributed by atoms with Gasteiger partial charge in [-0.2, -0.15) is 5.10 Å². The van der Waals surface area contributed by atoms with E-state index in [1.54, 1.807) is 6.21 Å². The SMILES string of the molecule is CCNC(=S)NN=Cc1ccc(OCc2ccccc2Cl)c(I)c1. The Bertz CT molecular complexity index is 740. The molecule has 2 aromatic carbocycles. The average molecular weight is 474 g/mol. The third kappa shape index (κ3) is 5.92. The second kappa shape index (κ2) is 9.80. The summed E-state index contributed by atoms with van der Waals surface area (Å²) in [5.41, 5.74) is 4.68. The normalized spacial score (nSPS) is 10.6. The first-order valence-electron chi connectivity index (χ1n) is 7.32. The molecule has 0 aliphatic rings. The highest BCUT2D eigenvalue weighted by atomic mass is 127. The zero-order valence-electron chi connectivity index (χ0n) is 13.1. The lowest BCUT2D eigenvalue weighted by Gasteiger charge is -2.10. The number of hydrogen-bond acceptors (Lipinski definition) is 3. The largest absolute Gasteiger partial charge is 0.488 e. The summed E-state index contributed by atoms with van der Waals surface area (Å²) >= 11 is 13.4. The van der Waals surface area contributed by atoms with Crippen molar-refractivity contribution in [1.29, 1.82) is 0 Å². The Kier molecular flexibility index (Phi) is 7.74. The Labute approximate surface area is 165 Å². The monoisotopic (exact) mass is 473 g/mol. The minimum Gasteiger partial charge on any atom is -0.488 e. The first kappa shape index (κ1) is 19.0. The topological polar surface area (TPSA) is 45.7 Å². The lowest BCUT2D eigenvalue weighted by Crippen LogP contribution is -2.31. The van der Waals surface area contributed by atoms with Crippen LogP contribution in [-0.2, 0) is 6.61 Å². The van der Waals surface area contributed by atoms with Gasteiger partial charge in [-0.3, -0.25) is 5.43 Å². The molecule has 0 atom stereocenters. The summed E-state index contributed by atoms with van der Waals surface area (Å²) in [5, 5.41) is 8.27. The van der Waals surface area contributed by atoms with Gasteiger partial charge in [-0.25, -0.2) is 0 Å². The minimum atomic E-state index is 0.432. The molecule has 0 amide bonds. The average Bonchev–Trinajstić information content (AvgIpc) is 2.56. The van der Waals surface area contributed by atoms with E-state index in [-0.39, 0.29) is 0 Å². The summed E-state index contributed by atoms with van der Waals surface area (Å²) in [6, 6.07) is 13.5. The van der Waals surface area contributed by atoms with Gasteiger partial charge < -0.3 is 10.1 Å². The molecule has 2 rings (SSSR count). The van der Waals surface area contributed by atoms with Gasteiger partial charge in [0.25, 0.3) is 0 Å². The molecule has 0 radical (unpaired) electrons. The van der Waals surface area contributed by atoms with Gasteiger partial charge in [0.1, 0.15) is 12.4 Å². The summed E-state index contributed by atoms with van der Waals surface area (Å²) in [7, 11) is 0. The smallest absolute Gasteiger partial charge is 0.186 e. The molecule has 126 valence electrons. The molecular weight excluding hydrogens is 457 g/mol. The molecule has 7 heteroatoms. The first-order chi connectivity index (χ1) is 11.6. The maximum Gasteiger partial charge on any atom is 0.186 e. The number of nitrogens with zero attached hydrogens (tertiary/aromatic N) is 1. The zero-order valence-corrected chi connectivity index (χ0v) is 16.8. The number of nitrogens with one attached hydrogen (secondary N) is 2. The van der Waals surface area contributed by atoms with E-state index in [1.807, 2.05) is 49.4 Å². The van der Waals surface area contributed by atoms with Gasteiger partial charge in [0.15, 0.2) is 5.11 Å². The van der Waals surface area contributed by atoms with Crippen molar-refractivity contribution in [2.24, 2.45) is 5.10 Å². The first-order valence-corrected chi connectivity index (χ1v) is 9.19. The van der Waals surface area contributed by atoms with Crippen LogP contribution in [-0.4, -0.2) is 17.9 Å².